The van der Waals surface area contributed by atoms with Gasteiger partial charge in [0, 0.05) is 6.04 Å². The first-order valence-electron chi connectivity index (χ1n) is 6.14. The van der Waals surface area contributed by atoms with Crippen LogP contribution < -0.4 is 19.5 Å². The van der Waals surface area contributed by atoms with Gasteiger partial charge in [-0.25, -0.2) is 0 Å². The highest BCUT2D eigenvalue weighted by atomic mass is 16.5. The Morgan fingerprint density at radius 2 is 1.56 bits per heavy atom. The maximum Gasteiger partial charge on any atom is 0.203 e. The first-order valence-corrected chi connectivity index (χ1v) is 6.14. The molecule has 1 aromatic carbocycles. The van der Waals surface area contributed by atoms with Gasteiger partial charge in [-0.1, -0.05) is 13.8 Å². The van der Waals surface area contributed by atoms with E-state index in [4.69, 9.17) is 14.2 Å². The summed E-state index contributed by atoms with van der Waals surface area (Å²) in [6.45, 7) is 5.20. The Bertz CT molecular complexity index is 352. The van der Waals surface area contributed by atoms with Crippen molar-refractivity contribution < 1.29 is 14.2 Å². The highest BCUT2D eigenvalue weighted by Crippen LogP contribution is 2.38. The van der Waals surface area contributed by atoms with Gasteiger partial charge < -0.3 is 19.5 Å². The zero-order chi connectivity index (χ0) is 13.5. The molecule has 0 fully saturated rings. The molecule has 18 heavy (non-hydrogen) atoms. The summed E-state index contributed by atoms with van der Waals surface area (Å²) in [5.41, 5.74) is 1.16. The molecule has 0 heterocycles. The van der Waals surface area contributed by atoms with Crippen LogP contribution in [-0.2, 0) is 6.42 Å². The summed E-state index contributed by atoms with van der Waals surface area (Å²) in [6.07, 6.45) is 0.925. The number of benzene rings is 1. The predicted octanol–water partition coefficient (Wildman–Crippen LogP) is 2.25. The molecule has 0 saturated heterocycles. The summed E-state index contributed by atoms with van der Waals surface area (Å²) in [7, 11) is 4.88. The summed E-state index contributed by atoms with van der Waals surface area (Å²) in [5.74, 6) is 2.05. The minimum atomic E-state index is 0.493. The van der Waals surface area contributed by atoms with Gasteiger partial charge in [0.1, 0.15) is 0 Å². The van der Waals surface area contributed by atoms with Gasteiger partial charge in [0.25, 0.3) is 0 Å². The Labute approximate surface area is 109 Å². The van der Waals surface area contributed by atoms with Crippen LogP contribution in [0.5, 0.6) is 17.2 Å². The Kier molecular flexibility index (Phi) is 5.78. The Morgan fingerprint density at radius 1 is 1.00 bits per heavy atom. The SMILES string of the molecule is COc1cc(CCNC(C)C)cc(OC)c1OC. The third-order valence-corrected chi connectivity index (χ3v) is 2.69. The third kappa shape index (κ3) is 3.81. The van der Waals surface area contributed by atoms with Gasteiger partial charge in [0.2, 0.25) is 5.75 Å². The fourth-order valence-corrected chi connectivity index (χ4v) is 1.78. The molecular weight excluding hydrogens is 230 g/mol. The minimum Gasteiger partial charge on any atom is -0.493 e. The van der Waals surface area contributed by atoms with Gasteiger partial charge in [-0.2, -0.15) is 0 Å². The second-order valence-corrected chi connectivity index (χ2v) is 4.39. The number of ether oxygens (including phenoxy) is 3. The summed E-state index contributed by atoms with van der Waals surface area (Å²) < 4.78 is 15.9. The summed E-state index contributed by atoms with van der Waals surface area (Å²) >= 11 is 0. The Balaban J connectivity index is 2.86. The monoisotopic (exact) mass is 253 g/mol. The number of hydrogen-bond donors (Lipinski definition) is 1. The van der Waals surface area contributed by atoms with Gasteiger partial charge in [0.15, 0.2) is 11.5 Å². The van der Waals surface area contributed by atoms with Crippen LogP contribution in [0.4, 0.5) is 0 Å². The van der Waals surface area contributed by atoms with Gasteiger partial charge >= 0.3 is 0 Å². The van der Waals surface area contributed by atoms with E-state index in [1.54, 1.807) is 21.3 Å². The molecule has 0 spiro atoms. The normalized spacial score (nSPS) is 10.6. The maximum absolute atomic E-state index is 5.32. The molecule has 4 nitrogen and oxygen atoms in total. The van der Waals surface area contributed by atoms with Crippen molar-refractivity contribution in [2.24, 2.45) is 0 Å². The quantitative estimate of drug-likeness (QED) is 0.809. The van der Waals surface area contributed by atoms with Crippen molar-refractivity contribution in [3.8, 4) is 17.2 Å². The van der Waals surface area contributed by atoms with Crippen molar-refractivity contribution in [3.63, 3.8) is 0 Å². The van der Waals surface area contributed by atoms with Crippen molar-refractivity contribution in [2.45, 2.75) is 26.3 Å². The van der Waals surface area contributed by atoms with Crippen molar-refractivity contribution in [2.75, 3.05) is 27.9 Å². The van der Waals surface area contributed by atoms with Crippen molar-refractivity contribution >= 4 is 0 Å². The van der Waals surface area contributed by atoms with E-state index >= 15 is 0 Å². The van der Waals surface area contributed by atoms with Crippen molar-refractivity contribution in [1.29, 1.82) is 0 Å². The van der Waals surface area contributed by atoms with Crippen LogP contribution in [0.15, 0.2) is 12.1 Å². The molecule has 0 aliphatic rings. The van der Waals surface area contributed by atoms with Gasteiger partial charge in [-0.05, 0) is 30.7 Å². The van der Waals surface area contributed by atoms with E-state index in [9.17, 15) is 0 Å². The van der Waals surface area contributed by atoms with E-state index in [0.29, 0.717) is 23.3 Å². The fourth-order valence-electron chi connectivity index (χ4n) is 1.78. The zero-order valence-corrected chi connectivity index (χ0v) is 11.9. The van der Waals surface area contributed by atoms with E-state index in [0.717, 1.165) is 18.5 Å². The molecule has 0 unspecified atom stereocenters. The first kappa shape index (κ1) is 14.6. The van der Waals surface area contributed by atoms with Gasteiger partial charge in [-0.3, -0.25) is 0 Å². The number of rotatable bonds is 7. The summed E-state index contributed by atoms with van der Waals surface area (Å²) in [4.78, 5) is 0. The summed E-state index contributed by atoms with van der Waals surface area (Å²) in [5, 5.41) is 3.38. The van der Waals surface area contributed by atoms with Gasteiger partial charge in [0.05, 0.1) is 21.3 Å². The van der Waals surface area contributed by atoms with Crippen LogP contribution in [0, 0.1) is 0 Å². The lowest BCUT2D eigenvalue weighted by molar-refractivity contribution is 0.323. The predicted molar refractivity (Wildman–Crippen MR) is 72.9 cm³/mol. The molecule has 0 amide bonds. The average molecular weight is 253 g/mol. The largest absolute Gasteiger partial charge is 0.493 e. The van der Waals surface area contributed by atoms with E-state index < -0.39 is 0 Å². The van der Waals surface area contributed by atoms with Crippen LogP contribution in [0.25, 0.3) is 0 Å². The number of nitrogens with one attached hydrogen (secondary N) is 1. The highest BCUT2D eigenvalue weighted by Gasteiger charge is 2.12. The Hall–Kier alpha value is -1.42. The smallest absolute Gasteiger partial charge is 0.203 e. The zero-order valence-electron chi connectivity index (χ0n) is 11.9. The minimum absolute atomic E-state index is 0.493. The van der Waals surface area contributed by atoms with Crippen LogP contribution >= 0.6 is 0 Å². The highest BCUT2D eigenvalue weighted by molar-refractivity contribution is 5.53. The summed E-state index contributed by atoms with van der Waals surface area (Å²) in [6, 6.07) is 4.47. The number of methoxy groups -OCH3 is 3. The molecule has 0 bridgehead atoms. The average Bonchev–Trinajstić information content (AvgIpc) is 2.36. The van der Waals surface area contributed by atoms with Crippen LogP contribution in [0.2, 0.25) is 0 Å². The molecule has 0 atom stereocenters. The van der Waals surface area contributed by atoms with Crippen LogP contribution in [0.3, 0.4) is 0 Å². The molecule has 1 rings (SSSR count). The lowest BCUT2D eigenvalue weighted by Crippen LogP contribution is -2.24. The van der Waals surface area contributed by atoms with E-state index in [1.807, 2.05) is 12.1 Å². The second-order valence-electron chi connectivity index (χ2n) is 4.39. The van der Waals surface area contributed by atoms with E-state index in [1.165, 1.54) is 0 Å². The standard InChI is InChI=1S/C14H23NO3/c1-10(2)15-7-6-11-8-12(16-3)14(18-5)13(9-11)17-4/h8-10,15H,6-7H2,1-5H3. The molecule has 1 N–H and O–H groups in total. The lowest BCUT2D eigenvalue weighted by atomic mass is 10.1. The topological polar surface area (TPSA) is 39.7 Å². The van der Waals surface area contributed by atoms with Crippen molar-refractivity contribution in [3.05, 3.63) is 17.7 Å². The van der Waals surface area contributed by atoms with Crippen molar-refractivity contribution in [1.82, 2.24) is 5.32 Å². The van der Waals surface area contributed by atoms with Crippen LogP contribution in [0.1, 0.15) is 19.4 Å². The van der Waals surface area contributed by atoms with E-state index in [2.05, 4.69) is 19.2 Å². The molecule has 0 radical (unpaired) electrons. The maximum atomic E-state index is 5.32. The molecule has 0 aromatic heterocycles. The molecule has 0 aliphatic heterocycles. The van der Waals surface area contributed by atoms with Crippen LogP contribution in [-0.4, -0.2) is 33.9 Å². The molecule has 0 aliphatic carbocycles. The first-order chi connectivity index (χ1) is 8.62. The van der Waals surface area contributed by atoms with Gasteiger partial charge in [-0.15, -0.1) is 0 Å². The fraction of sp³-hybridized carbons (Fsp3) is 0.571. The Morgan fingerprint density at radius 3 is 1.94 bits per heavy atom. The third-order valence-electron chi connectivity index (χ3n) is 2.69. The number of hydrogen-bond acceptors (Lipinski definition) is 4. The molecule has 1 aromatic rings. The molecule has 102 valence electrons. The molecular formula is C14H23NO3. The second kappa shape index (κ2) is 7.11. The lowest BCUT2D eigenvalue weighted by Gasteiger charge is -2.14. The molecule has 4 heteroatoms. The molecule has 0 saturated carbocycles. The van der Waals surface area contributed by atoms with E-state index in [-0.39, 0.29) is 0 Å².